The fraction of sp³-hybridized carbons (Fsp3) is 0.692. The number of nitrogens with one attached hydrogen (secondary N) is 1. The molecule has 1 aliphatic rings. The first-order valence-electron chi connectivity index (χ1n) is 6.87. The number of aryl methyl sites for hydroxylation is 1. The van der Waals surface area contributed by atoms with Gasteiger partial charge < -0.3 is 5.32 Å². The van der Waals surface area contributed by atoms with E-state index in [-0.39, 0.29) is 0 Å². The predicted octanol–water partition coefficient (Wildman–Crippen LogP) is 1.36. The van der Waals surface area contributed by atoms with Crippen molar-refractivity contribution in [2.24, 2.45) is 0 Å². The molecule has 0 spiro atoms. The summed E-state index contributed by atoms with van der Waals surface area (Å²) in [6, 6.07) is 2.04. The van der Waals surface area contributed by atoms with Gasteiger partial charge in [0.25, 0.3) is 0 Å². The minimum Gasteiger partial charge on any atom is -0.353 e. The largest absolute Gasteiger partial charge is 0.353 e. The van der Waals surface area contributed by atoms with Crippen LogP contribution in [0.25, 0.3) is 0 Å². The quantitative estimate of drug-likeness (QED) is 0.858. The van der Waals surface area contributed by atoms with Crippen LogP contribution in [0.2, 0.25) is 0 Å². The minimum atomic E-state index is -3.13. The maximum absolute atomic E-state index is 11.3. The summed E-state index contributed by atoms with van der Waals surface area (Å²) in [7, 11) is -1.57. The molecule has 1 N–H and O–H groups in total. The number of nitrogens with zero attached hydrogens (tertiary/aromatic N) is 3. The third kappa shape index (κ3) is 3.89. The molecule has 1 fully saturated rings. The molecule has 0 aromatic carbocycles. The van der Waals surface area contributed by atoms with Crippen molar-refractivity contribution in [3.63, 3.8) is 0 Å². The molecule has 0 saturated heterocycles. The number of hydrogen-bond donors (Lipinski definition) is 1. The summed E-state index contributed by atoms with van der Waals surface area (Å²) in [6.07, 6.45) is 4.87. The molecule has 0 radical (unpaired) electrons. The first-order valence-corrected chi connectivity index (χ1v) is 8.72. The molecule has 0 aliphatic heterocycles. The van der Waals surface area contributed by atoms with Crippen LogP contribution < -0.4 is 5.32 Å². The van der Waals surface area contributed by atoms with Gasteiger partial charge in [-0.3, -0.25) is 0 Å². The third-order valence-corrected chi connectivity index (χ3v) is 4.99. The highest BCUT2D eigenvalue weighted by molar-refractivity contribution is 7.88. The molecule has 6 nitrogen and oxygen atoms in total. The van der Waals surface area contributed by atoms with Crippen LogP contribution in [-0.2, 0) is 10.0 Å². The standard InChI is InChI=1S/C13H22N4O2S/c1-10-9-12(11-5-4-6-11)16-13(15-10)14-7-8-17(2)20(3,18)19/h9,11H,4-8H2,1-3H3,(H,14,15,16). The molecule has 112 valence electrons. The monoisotopic (exact) mass is 298 g/mol. The van der Waals surface area contributed by atoms with Crippen molar-refractivity contribution in [3.8, 4) is 0 Å². The summed E-state index contributed by atoms with van der Waals surface area (Å²) in [6.45, 7) is 2.85. The summed E-state index contributed by atoms with van der Waals surface area (Å²) in [4.78, 5) is 8.87. The first-order chi connectivity index (χ1) is 9.36. The van der Waals surface area contributed by atoms with E-state index < -0.39 is 10.0 Å². The van der Waals surface area contributed by atoms with Gasteiger partial charge in [0.05, 0.1) is 6.26 Å². The minimum absolute atomic E-state index is 0.398. The second-order valence-electron chi connectivity index (χ2n) is 5.40. The van der Waals surface area contributed by atoms with E-state index >= 15 is 0 Å². The van der Waals surface area contributed by atoms with Crippen LogP contribution in [0.3, 0.4) is 0 Å². The topological polar surface area (TPSA) is 75.2 Å². The summed E-state index contributed by atoms with van der Waals surface area (Å²) in [5.41, 5.74) is 2.04. The van der Waals surface area contributed by atoms with E-state index in [1.165, 1.54) is 29.8 Å². The summed E-state index contributed by atoms with van der Waals surface area (Å²) in [5.74, 6) is 1.16. The Morgan fingerprint density at radius 3 is 2.65 bits per heavy atom. The lowest BCUT2D eigenvalue weighted by Crippen LogP contribution is -2.30. The van der Waals surface area contributed by atoms with E-state index in [1.807, 2.05) is 13.0 Å². The molecule has 1 heterocycles. The molecule has 7 heteroatoms. The SMILES string of the molecule is Cc1cc(C2CCC2)nc(NCCN(C)S(C)(=O)=O)n1. The Balaban J connectivity index is 1.94. The molecule has 1 aromatic rings. The van der Waals surface area contributed by atoms with E-state index in [0.29, 0.717) is 25.0 Å². The van der Waals surface area contributed by atoms with E-state index in [4.69, 9.17) is 0 Å². The van der Waals surface area contributed by atoms with Gasteiger partial charge in [0, 0.05) is 37.4 Å². The van der Waals surface area contributed by atoms with Crippen molar-refractivity contribution in [1.29, 1.82) is 0 Å². The van der Waals surface area contributed by atoms with Crippen molar-refractivity contribution in [3.05, 3.63) is 17.5 Å². The fourth-order valence-electron chi connectivity index (χ4n) is 2.08. The van der Waals surface area contributed by atoms with Crippen LogP contribution >= 0.6 is 0 Å². The maximum atomic E-state index is 11.3. The number of aromatic nitrogens is 2. The number of hydrogen-bond acceptors (Lipinski definition) is 5. The average Bonchev–Trinajstić information content (AvgIpc) is 2.24. The molecule has 1 aliphatic carbocycles. The van der Waals surface area contributed by atoms with Crippen molar-refractivity contribution in [1.82, 2.24) is 14.3 Å². The Hall–Kier alpha value is -1.21. The van der Waals surface area contributed by atoms with Gasteiger partial charge in [0.2, 0.25) is 16.0 Å². The lowest BCUT2D eigenvalue weighted by molar-refractivity contribution is 0.410. The number of sulfonamides is 1. The zero-order chi connectivity index (χ0) is 14.8. The Morgan fingerprint density at radius 1 is 1.40 bits per heavy atom. The third-order valence-electron chi connectivity index (χ3n) is 3.67. The zero-order valence-electron chi connectivity index (χ0n) is 12.3. The van der Waals surface area contributed by atoms with Gasteiger partial charge in [-0.2, -0.15) is 0 Å². The Morgan fingerprint density at radius 2 is 2.10 bits per heavy atom. The molecule has 0 unspecified atom stereocenters. The molecular weight excluding hydrogens is 276 g/mol. The van der Waals surface area contributed by atoms with E-state index in [0.717, 1.165) is 11.4 Å². The molecule has 0 amide bonds. The van der Waals surface area contributed by atoms with Crippen LogP contribution in [0.1, 0.15) is 36.6 Å². The van der Waals surface area contributed by atoms with Crippen molar-refractivity contribution < 1.29 is 8.42 Å². The highest BCUT2D eigenvalue weighted by atomic mass is 32.2. The predicted molar refractivity (Wildman–Crippen MR) is 79.3 cm³/mol. The van der Waals surface area contributed by atoms with Crippen LogP contribution in [0.15, 0.2) is 6.07 Å². The normalized spacial score (nSPS) is 16.2. The Kier molecular flexibility index (Phi) is 4.59. The van der Waals surface area contributed by atoms with Gasteiger partial charge in [-0.15, -0.1) is 0 Å². The van der Waals surface area contributed by atoms with Crippen LogP contribution in [-0.4, -0.2) is 49.1 Å². The van der Waals surface area contributed by atoms with Gasteiger partial charge in [0.1, 0.15) is 0 Å². The Labute approximate surface area is 120 Å². The van der Waals surface area contributed by atoms with E-state index in [1.54, 1.807) is 7.05 Å². The van der Waals surface area contributed by atoms with Crippen LogP contribution in [0.5, 0.6) is 0 Å². The smallest absolute Gasteiger partial charge is 0.223 e. The number of rotatable bonds is 6. The van der Waals surface area contributed by atoms with Crippen LogP contribution in [0.4, 0.5) is 5.95 Å². The number of likely N-dealkylation sites (N-methyl/N-ethyl adjacent to an activating group) is 1. The van der Waals surface area contributed by atoms with E-state index in [9.17, 15) is 8.42 Å². The average molecular weight is 298 g/mol. The second kappa shape index (κ2) is 6.05. The summed E-state index contributed by atoms with van der Waals surface area (Å²) < 4.78 is 23.9. The Bertz CT molecular complexity index is 570. The highest BCUT2D eigenvalue weighted by Crippen LogP contribution is 2.35. The molecular formula is C13H22N4O2S. The van der Waals surface area contributed by atoms with Gasteiger partial charge in [0.15, 0.2) is 0 Å². The highest BCUT2D eigenvalue weighted by Gasteiger charge is 2.21. The van der Waals surface area contributed by atoms with Crippen LogP contribution in [0, 0.1) is 6.92 Å². The van der Waals surface area contributed by atoms with Gasteiger partial charge in [-0.1, -0.05) is 6.42 Å². The molecule has 0 bridgehead atoms. The van der Waals surface area contributed by atoms with Crippen molar-refractivity contribution >= 4 is 16.0 Å². The maximum Gasteiger partial charge on any atom is 0.223 e. The lowest BCUT2D eigenvalue weighted by atomic mass is 9.83. The molecule has 2 rings (SSSR count). The summed E-state index contributed by atoms with van der Waals surface area (Å²) in [5, 5.41) is 3.10. The molecule has 1 aromatic heterocycles. The van der Waals surface area contributed by atoms with Gasteiger partial charge in [-0.05, 0) is 25.8 Å². The number of anilines is 1. The van der Waals surface area contributed by atoms with Gasteiger partial charge >= 0.3 is 0 Å². The van der Waals surface area contributed by atoms with Gasteiger partial charge in [-0.25, -0.2) is 22.7 Å². The second-order valence-corrected chi connectivity index (χ2v) is 7.49. The summed E-state index contributed by atoms with van der Waals surface area (Å²) >= 11 is 0. The zero-order valence-corrected chi connectivity index (χ0v) is 13.1. The molecule has 20 heavy (non-hydrogen) atoms. The van der Waals surface area contributed by atoms with Crippen molar-refractivity contribution in [2.45, 2.75) is 32.1 Å². The molecule has 0 atom stereocenters. The van der Waals surface area contributed by atoms with E-state index in [2.05, 4.69) is 15.3 Å². The fourth-order valence-corrected chi connectivity index (χ4v) is 2.50. The van der Waals surface area contributed by atoms with Crippen molar-refractivity contribution in [2.75, 3.05) is 31.7 Å². The lowest BCUT2D eigenvalue weighted by Gasteiger charge is -2.25. The first kappa shape index (κ1) is 15.2. The molecule has 1 saturated carbocycles.